The topological polar surface area (TPSA) is 34.1 Å². The van der Waals surface area contributed by atoms with E-state index in [1.807, 2.05) is 0 Å². The molecule has 1 fully saturated rings. The SMILES string of the molecule is CCN1CCN(Cc2ccc(CNC3=NCCN3C)cc2)CC1. The van der Waals surface area contributed by atoms with Crippen LogP contribution in [0.5, 0.6) is 0 Å². The van der Waals surface area contributed by atoms with E-state index in [9.17, 15) is 0 Å². The molecule has 126 valence electrons. The van der Waals surface area contributed by atoms with Gasteiger partial charge in [0.2, 0.25) is 0 Å². The molecule has 1 aromatic rings. The van der Waals surface area contributed by atoms with Gasteiger partial charge in [0, 0.05) is 52.9 Å². The van der Waals surface area contributed by atoms with Gasteiger partial charge in [0.15, 0.2) is 5.96 Å². The summed E-state index contributed by atoms with van der Waals surface area (Å²) < 4.78 is 0. The highest BCUT2D eigenvalue weighted by Crippen LogP contribution is 2.10. The van der Waals surface area contributed by atoms with E-state index in [4.69, 9.17) is 0 Å². The first-order valence-corrected chi connectivity index (χ1v) is 8.76. The van der Waals surface area contributed by atoms with Crippen LogP contribution >= 0.6 is 0 Å². The van der Waals surface area contributed by atoms with E-state index in [-0.39, 0.29) is 0 Å². The van der Waals surface area contributed by atoms with Gasteiger partial charge >= 0.3 is 0 Å². The summed E-state index contributed by atoms with van der Waals surface area (Å²) in [6.45, 7) is 12.0. The van der Waals surface area contributed by atoms with Crippen LogP contribution < -0.4 is 5.32 Å². The molecule has 0 aromatic heterocycles. The van der Waals surface area contributed by atoms with Crippen molar-refractivity contribution >= 4 is 5.96 Å². The van der Waals surface area contributed by atoms with Gasteiger partial charge in [-0.1, -0.05) is 31.2 Å². The predicted molar refractivity (Wildman–Crippen MR) is 95.6 cm³/mol. The van der Waals surface area contributed by atoms with E-state index in [1.165, 1.54) is 43.9 Å². The third-order valence-corrected chi connectivity index (χ3v) is 4.85. The number of rotatable bonds is 5. The van der Waals surface area contributed by atoms with Gasteiger partial charge in [-0.25, -0.2) is 0 Å². The van der Waals surface area contributed by atoms with E-state index in [1.54, 1.807) is 0 Å². The molecule has 23 heavy (non-hydrogen) atoms. The van der Waals surface area contributed by atoms with Crippen molar-refractivity contribution in [2.24, 2.45) is 4.99 Å². The minimum Gasteiger partial charge on any atom is -0.352 e. The Kier molecular flexibility index (Phi) is 5.51. The van der Waals surface area contributed by atoms with Gasteiger partial charge < -0.3 is 15.1 Å². The predicted octanol–water partition coefficient (Wildman–Crippen LogP) is 1.22. The molecular weight excluding hydrogens is 286 g/mol. The lowest BCUT2D eigenvalue weighted by molar-refractivity contribution is 0.132. The van der Waals surface area contributed by atoms with Crippen LogP contribution in [0, 0.1) is 0 Å². The second kappa shape index (κ2) is 7.79. The van der Waals surface area contributed by atoms with Gasteiger partial charge in [0.1, 0.15) is 0 Å². The van der Waals surface area contributed by atoms with Crippen LogP contribution in [0.1, 0.15) is 18.1 Å². The van der Waals surface area contributed by atoms with Crippen molar-refractivity contribution in [3.8, 4) is 0 Å². The quantitative estimate of drug-likeness (QED) is 0.886. The van der Waals surface area contributed by atoms with Crippen molar-refractivity contribution in [3.05, 3.63) is 35.4 Å². The smallest absolute Gasteiger partial charge is 0.194 e. The zero-order valence-electron chi connectivity index (χ0n) is 14.5. The fourth-order valence-corrected chi connectivity index (χ4v) is 3.19. The van der Waals surface area contributed by atoms with Crippen LogP contribution in [-0.2, 0) is 13.1 Å². The van der Waals surface area contributed by atoms with Crippen LogP contribution in [0.3, 0.4) is 0 Å². The molecule has 1 N–H and O–H groups in total. The van der Waals surface area contributed by atoms with E-state index in [0.717, 1.165) is 32.1 Å². The summed E-state index contributed by atoms with van der Waals surface area (Å²) in [6.07, 6.45) is 0. The number of piperazine rings is 1. The van der Waals surface area contributed by atoms with Crippen molar-refractivity contribution in [1.29, 1.82) is 0 Å². The first-order chi connectivity index (χ1) is 11.2. The van der Waals surface area contributed by atoms with E-state index < -0.39 is 0 Å². The minimum absolute atomic E-state index is 0.846. The number of benzene rings is 1. The number of nitrogens with one attached hydrogen (secondary N) is 1. The molecule has 2 aliphatic heterocycles. The van der Waals surface area contributed by atoms with Gasteiger partial charge in [0.05, 0.1) is 6.54 Å². The normalized spacial score (nSPS) is 19.9. The molecule has 2 heterocycles. The molecule has 5 nitrogen and oxygen atoms in total. The molecule has 0 amide bonds. The van der Waals surface area contributed by atoms with Crippen molar-refractivity contribution in [2.45, 2.75) is 20.0 Å². The average Bonchev–Trinajstić information content (AvgIpc) is 3.00. The molecule has 0 bridgehead atoms. The summed E-state index contributed by atoms with van der Waals surface area (Å²) in [5.74, 6) is 1.02. The lowest BCUT2D eigenvalue weighted by Gasteiger charge is -2.34. The standard InChI is InChI=1S/C18H29N5/c1-3-22-10-12-23(13-11-22)15-17-6-4-16(5-7-17)14-20-18-19-8-9-21(18)2/h4-7H,3,8-15H2,1-2H3,(H,19,20). The Labute approximate surface area is 140 Å². The Hall–Kier alpha value is -1.59. The highest BCUT2D eigenvalue weighted by atomic mass is 15.3. The third kappa shape index (κ3) is 4.45. The van der Waals surface area contributed by atoms with Crippen molar-refractivity contribution in [3.63, 3.8) is 0 Å². The van der Waals surface area contributed by atoms with Crippen LogP contribution in [0.15, 0.2) is 29.3 Å². The molecule has 0 aliphatic carbocycles. The number of guanidine groups is 1. The van der Waals surface area contributed by atoms with Gasteiger partial charge in [-0.05, 0) is 17.7 Å². The molecule has 1 saturated heterocycles. The van der Waals surface area contributed by atoms with Gasteiger partial charge in [-0.2, -0.15) is 0 Å². The summed E-state index contributed by atoms with van der Waals surface area (Å²) >= 11 is 0. The number of hydrogen-bond acceptors (Lipinski definition) is 5. The Balaban J connectivity index is 1.45. The molecule has 0 radical (unpaired) electrons. The second-order valence-electron chi connectivity index (χ2n) is 6.51. The molecule has 5 heteroatoms. The van der Waals surface area contributed by atoms with E-state index in [2.05, 4.69) is 63.2 Å². The largest absolute Gasteiger partial charge is 0.352 e. The highest BCUT2D eigenvalue weighted by Gasteiger charge is 2.15. The van der Waals surface area contributed by atoms with Crippen LogP contribution in [0.25, 0.3) is 0 Å². The first kappa shape index (κ1) is 16.3. The molecule has 0 unspecified atom stereocenters. The maximum atomic E-state index is 4.46. The Morgan fingerprint density at radius 3 is 2.22 bits per heavy atom. The third-order valence-electron chi connectivity index (χ3n) is 4.85. The number of likely N-dealkylation sites (N-methyl/N-ethyl adjacent to an activating group) is 2. The molecule has 0 spiro atoms. The first-order valence-electron chi connectivity index (χ1n) is 8.76. The number of aliphatic imine (C=N–C) groups is 1. The zero-order valence-corrected chi connectivity index (χ0v) is 14.5. The minimum atomic E-state index is 0.846. The van der Waals surface area contributed by atoms with E-state index >= 15 is 0 Å². The highest BCUT2D eigenvalue weighted by molar-refractivity contribution is 5.81. The molecule has 0 atom stereocenters. The molecule has 1 aromatic carbocycles. The van der Waals surface area contributed by atoms with Crippen LogP contribution in [-0.4, -0.2) is 73.5 Å². The Morgan fingerprint density at radius 1 is 0.957 bits per heavy atom. The molecular formula is C18H29N5. The maximum Gasteiger partial charge on any atom is 0.194 e. The van der Waals surface area contributed by atoms with Gasteiger partial charge in [-0.15, -0.1) is 0 Å². The van der Waals surface area contributed by atoms with Gasteiger partial charge in [0.25, 0.3) is 0 Å². The van der Waals surface area contributed by atoms with Crippen molar-refractivity contribution < 1.29 is 0 Å². The Bertz CT molecular complexity index is 517. The summed E-state index contributed by atoms with van der Waals surface area (Å²) in [7, 11) is 2.08. The molecule has 2 aliphatic rings. The zero-order chi connectivity index (χ0) is 16.1. The van der Waals surface area contributed by atoms with Gasteiger partial charge in [-0.3, -0.25) is 9.89 Å². The summed E-state index contributed by atoms with van der Waals surface area (Å²) in [5, 5.41) is 3.42. The monoisotopic (exact) mass is 315 g/mol. The number of hydrogen-bond donors (Lipinski definition) is 1. The molecule has 0 saturated carbocycles. The van der Waals surface area contributed by atoms with Crippen LogP contribution in [0.2, 0.25) is 0 Å². The van der Waals surface area contributed by atoms with Crippen molar-refractivity contribution in [1.82, 2.24) is 20.0 Å². The van der Waals surface area contributed by atoms with E-state index in [0.29, 0.717) is 0 Å². The fraction of sp³-hybridized carbons (Fsp3) is 0.611. The summed E-state index contributed by atoms with van der Waals surface area (Å²) in [6, 6.07) is 9.01. The fourth-order valence-electron chi connectivity index (χ4n) is 3.19. The summed E-state index contributed by atoms with van der Waals surface area (Å²) in [5.41, 5.74) is 2.72. The van der Waals surface area contributed by atoms with Crippen molar-refractivity contribution in [2.75, 3.05) is 52.9 Å². The lowest BCUT2D eigenvalue weighted by atomic mass is 10.1. The number of nitrogens with zero attached hydrogens (tertiary/aromatic N) is 4. The maximum absolute atomic E-state index is 4.46. The average molecular weight is 315 g/mol. The summed E-state index contributed by atoms with van der Waals surface area (Å²) in [4.78, 5) is 11.7. The Morgan fingerprint density at radius 2 is 1.61 bits per heavy atom. The second-order valence-corrected chi connectivity index (χ2v) is 6.51. The lowest BCUT2D eigenvalue weighted by Crippen LogP contribution is -2.45. The molecule has 3 rings (SSSR count). The van der Waals surface area contributed by atoms with Crippen LogP contribution in [0.4, 0.5) is 0 Å².